The van der Waals surface area contributed by atoms with Crippen LogP contribution in [0.2, 0.25) is 0 Å². The Balaban J connectivity index is 2.37. The van der Waals surface area contributed by atoms with E-state index in [1.54, 1.807) is 36.5 Å². The maximum atomic E-state index is 11.2. The molecule has 2 rings (SSSR count). The normalized spacial score (nSPS) is 10.1. The summed E-state index contributed by atoms with van der Waals surface area (Å²) in [5, 5.41) is 0. The highest BCUT2D eigenvalue weighted by Gasteiger charge is 2.11. The highest BCUT2D eigenvalue weighted by atomic mass is 79.9. The van der Waals surface area contributed by atoms with Gasteiger partial charge < -0.3 is 16.2 Å². The number of primary amides is 1. The van der Waals surface area contributed by atoms with E-state index in [4.69, 9.17) is 16.2 Å². The first kappa shape index (κ1) is 12.4. The number of aromatic nitrogens is 1. The standard InChI is InChI=1S/C12H10BrN3O2/c13-7-5-9(14)12(16-6-7)18-10-4-2-1-3-8(10)11(15)17/h1-6H,14H2,(H2,15,17). The van der Waals surface area contributed by atoms with E-state index in [9.17, 15) is 4.79 Å². The minimum Gasteiger partial charge on any atom is -0.436 e. The van der Waals surface area contributed by atoms with Crippen molar-refractivity contribution in [3.8, 4) is 11.6 Å². The molecule has 1 aromatic carbocycles. The van der Waals surface area contributed by atoms with Gasteiger partial charge in [0.2, 0.25) is 5.88 Å². The number of hydrogen-bond donors (Lipinski definition) is 2. The van der Waals surface area contributed by atoms with Crippen molar-refractivity contribution in [3.63, 3.8) is 0 Å². The molecule has 0 spiro atoms. The molecule has 0 bridgehead atoms. The predicted molar refractivity (Wildman–Crippen MR) is 71.4 cm³/mol. The molecule has 0 saturated heterocycles. The number of nitrogens with zero attached hydrogens (tertiary/aromatic N) is 1. The Hall–Kier alpha value is -2.08. The summed E-state index contributed by atoms with van der Waals surface area (Å²) in [4.78, 5) is 15.3. The highest BCUT2D eigenvalue weighted by molar-refractivity contribution is 9.10. The molecule has 0 fully saturated rings. The number of anilines is 1. The van der Waals surface area contributed by atoms with Gasteiger partial charge in [0.15, 0.2) is 0 Å². The topological polar surface area (TPSA) is 91.2 Å². The Morgan fingerprint density at radius 1 is 1.33 bits per heavy atom. The first-order valence-corrected chi connectivity index (χ1v) is 5.85. The van der Waals surface area contributed by atoms with E-state index in [-0.39, 0.29) is 11.4 Å². The zero-order chi connectivity index (χ0) is 13.1. The second kappa shape index (κ2) is 5.05. The van der Waals surface area contributed by atoms with Crippen LogP contribution in [0.25, 0.3) is 0 Å². The molecule has 5 nitrogen and oxygen atoms in total. The molecule has 92 valence electrons. The second-order valence-electron chi connectivity index (χ2n) is 3.51. The van der Waals surface area contributed by atoms with Crippen LogP contribution in [0.15, 0.2) is 41.0 Å². The number of benzene rings is 1. The highest BCUT2D eigenvalue weighted by Crippen LogP contribution is 2.29. The average molecular weight is 308 g/mol. The number of nitrogen functional groups attached to an aromatic ring is 1. The minimum atomic E-state index is -0.568. The molecule has 0 atom stereocenters. The molecule has 18 heavy (non-hydrogen) atoms. The maximum Gasteiger partial charge on any atom is 0.252 e. The van der Waals surface area contributed by atoms with Crippen LogP contribution < -0.4 is 16.2 Å². The molecule has 0 radical (unpaired) electrons. The molecule has 1 heterocycles. The summed E-state index contributed by atoms with van der Waals surface area (Å²) in [6.45, 7) is 0. The lowest BCUT2D eigenvalue weighted by atomic mass is 10.2. The predicted octanol–water partition coefficient (Wildman–Crippen LogP) is 2.32. The van der Waals surface area contributed by atoms with Crippen molar-refractivity contribution >= 4 is 27.5 Å². The Kier molecular flexibility index (Phi) is 3.47. The zero-order valence-electron chi connectivity index (χ0n) is 9.26. The first-order valence-electron chi connectivity index (χ1n) is 5.05. The van der Waals surface area contributed by atoms with Crippen molar-refractivity contribution in [1.29, 1.82) is 0 Å². The molecule has 2 aromatic rings. The molecule has 0 aliphatic heterocycles. The summed E-state index contributed by atoms with van der Waals surface area (Å²) < 4.78 is 6.24. The Bertz CT molecular complexity index is 602. The van der Waals surface area contributed by atoms with Gasteiger partial charge in [0.05, 0.1) is 11.3 Å². The van der Waals surface area contributed by atoms with Gasteiger partial charge in [-0.3, -0.25) is 4.79 Å². The van der Waals surface area contributed by atoms with Gasteiger partial charge in [0, 0.05) is 10.7 Å². The zero-order valence-corrected chi connectivity index (χ0v) is 10.8. The van der Waals surface area contributed by atoms with Crippen LogP contribution in [0.1, 0.15) is 10.4 Å². The van der Waals surface area contributed by atoms with Gasteiger partial charge in [-0.05, 0) is 34.1 Å². The van der Waals surface area contributed by atoms with E-state index in [0.29, 0.717) is 11.4 Å². The largest absolute Gasteiger partial charge is 0.436 e. The van der Waals surface area contributed by atoms with Crippen LogP contribution in [0.3, 0.4) is 0 Å². The van der Waals surface area contributed by atoms with E-state index >= 15 is 0 Å². The smallest absolute Gasteiger partial charge is 0.252 e. The number of halogens is 1. The first-order chi connectivity index (χ1) is 8.58. The van der Waals surface area contributed by atoms with Crippen LogP contribution in [0, 0.1) is 0 Å². The Morgan fingerprint density at radius 2 is 2.06 bits per heavy atom. The van der Waals surface area contributed by atoms with Crippen molar-refractivity contribution in [2.75, 3.05) is 5.73 Å². The third-order valence-electron chi connectivity index (χ3n) is 2.20. The van der Waals surface area contributed by atoms with Crippen molar-refractivity contribution in [2.45, 2.75) is 0 Å². The summed E-state index contributed by atoms with van der Waals surface area (Å²) in [6, 6.07) is 8.30. The molecule has 0 unspecified atom stereocenters. The lowest BCUT2D eigenvalue weighted by molar-refractivity contribution is 0.0998. The Labute approximate surface area is 112 Å². The fourth-order valence-corrected chi connectivity index (χ4v) is 1.74. The summed E-state index contributed by atoms with van der Waals surface area (Å²) in [7, 11) is 0. The van der Waals surface area contributed by atoms with E-state index in [0.717, 1.165) is 4.47 Å². The van der Waals surface area contributed by atoms with Gasteiger partial charge in [-0.15, -0.1) is 0 Å². The van der Waals surface area contributed by atoms with Crippen LogP contribution in [0.5, 0.6) is 11.6 Å². The Morgan fingerprint density at radius 3 is 2.72 bits per heavy atom. The molecule has 1 amide bonds. The van der Waals surface area contributed by atoms with Gasteiger partial charge in [-0.1, -0.05) is 12.1 Å². The molecule has 6 heteroatoms. The lowest BCUT2D eigenvalue weighted by Gasteiger charge is -2.09. The molecule has 1 aromatic heterocycles. The molecule has 0 aliphatic carbocycles. The number of pyridine rings is 1. The van der Waals surface area contributed by atoms with Gasteiger partial charge in [0.1, 0.15) is 5.75 Å². The van der Waals surface area contributed by atoms with Crippen molar-refractivity contribution < 1.29 is 9.53 Å². The monoisotopic (exact) mass is 307 g/mol. The SMILES string of the molecule is NC(=O)c1ccccc1Oc1ncc(Br)cc1N. The maximum absolute atomic E-state index is 11.2. The number of rotatable bonds is 3. The van der Waals surface area contributed by atoms with E-state index in [2.05, 4.69) is 20.9 Å². The summed E-state index contributed by atoms with van der Waals surface area (Å²) in [6.07, 6.45) is 1.55. The van der Waals surface area contributed by atoms with Crippen LogP contribution in [-0.2, 0) is 0 Å². The van der Waals surface area contributed by atoms with E-state index < -0.39 is 5.91 Å². The van der Waals surface area contributed by atoms with Gasteiger partial charge in [-0.2, -0.15) is 0 Å². The number of ether oxygens (including phenoxy) is 1. The van der Waals surface area contributed by atoms with E-state index in [1.807, 2.05) is 0 Å². The summed E-state index contributed by atoms with van der Waals surface area (Å²) in [5.74, 6) is -0.0142. The second-order valence-corrected chi connectivity index (χ2v) is 4.43. The number of carbonyl (C=O) groups excluding carboxylic acids is 1. The van der Waals surface area contributed by atoms with Crippen molar-refractivity contribution in [3.05, 3.63) is 46.6 Å². The molecular weight excluding hydrogens is 298 g/mol. The average Bonchev–Trinajstić information content (AvgIpc) is 2.33. The third-order valence-corrected chi connectivity index (χ3v) is 2.64. The molecular formula is C12H10BrN3O2. The number of hydrogen-bond acceptors (Lipinski definition) is 4. The lowest BCUT2D eigenvalue weighted by Crippen LogP contribution is -2.12. The quantitative estimate of drug-likeness (QED) is 0.910. The van der Waals surface area contributed by atoms with E-state index in [1.165, 1.54) is 0 Å². The van der Waals surface area contributed by atoms with Gasteiger partial charge >= 0.3 is 0 Å². The van der Waals surface area contributed by atoms with Crippen LogP contribution >= 0.6 is 15.9 Å². The van der Waals surface area contributed by atoms with Crippen molar-refractivity contribution in [2.24, 2.45) is 5.73 Å². The summed E-state index contributed by atoms with van der Waals surface area (Å²) >= 11 is 3.25. The van der Waals surface area contributed by atoms with Crippen molar-refractivity contribution in [1.82, 2.24) is 4.98 Å². The fourth-order valence-electron chi connectivity index (χ4n) is 1.39. The molecule has 0 aliphatic rings. The number of nitrogens with two attached hydrogens (primary N) is 2. The molecule has 0 saturated carbocycles. The fraction of sp³-hybridized carbons (Fsp3) is 0. The van der Waals surface area contributed by atoms with Gasteiger partial charge in [0.25, 0.3) is 5.91 Å². The minimum absolute atomic E-state index is 0.229. The summed E-state index contributed by atoms with van der Waals surface area (Å²) in [5.41, 5.74) is 11.7. The van der Waals surface area contributed by atoms with Crippen LogP contribution in [0.4, 0.5) is 5.69 Å². The van der Waals surface area contributed by atoms with Crippen LogP contribution in [-0.4, -0.2) is 10.9 Å². The van der Waals surface area contributed by atoms with Gasteiger partial charge in [-0.25, -0.2) is 4.98 Å². The number of carbonyl (C=O) groups is 1. The number of amides is 1. The number of para-hydroxylation sites is 1. The third kappa shape index (κ3) is 2.60. The molecule has 4 N–H and O–H groups in total.